The van der Waals surface area contributed by atoms with Crippen LogP contribution in [-0.2, 0) is 9.78 Å². The van der Waals surface area contributed by atoms with Crippen LogP contribution in [0.4, 0.5) is 0 Å². The van der Waals surface area contributed by atoms with E-state index in [1.165, 1.54) is 25.7 Å². The third-order valence-electron chi connectivity index (χ3n) is 11.1. The van der Waals surface area contributed by atoms with Crippen molar-refractivity contribution in [2.75, 3.05) is 0 Å². The van der Waals surface area contributed by atoms with E-state index in [1.807, 2.05) is 0 Å². The molecule has 2 heterocycles. The first-order valence-corrected chi connectivity index (χ1v) is 13.0. The average molecular weight is 429 g/mol. The molecule has 0 aromatic heterocycles. The molecule has 4 aliphatic carbocycles. The van der Waals surface area contributed by atoms with Crippen LogP contribution in [0.5, 0.6) is 0 Å². The van der Waals surface area contributed by atoms with E-state index in [0.717, 1.165) is 12.8 Å². The van der Waals surface area contributed by atoms with Gasteiger partial charge in [0.25, 0.3) is 0 Å². The molecule has 174 valence electrons. The number of fused-ring (bicyclic) bond motifs is 2. The Labute approximate surface area is 189 Å². The molecule has 2 bridgehead atoms. The number of aliphatic hydroxyl groups excluding tert-OH is 1. The van der Waals surface area contributed by atoms with Gasteiger partial charge in [-0.05, 0) is 73.7 Å². The zero-order valence-electron chi connectivity index (χ0n) is 20.6. The lowest BCUT2D eigenvalue weighted by Gasteiger charge is -2.69. The first-order chi connectivity index (χ1) is 14.6. The van der Waals surface area contributed by atoms with Crippen molar-refractivity contribution in [1.29, 1.82) is 0 Å². The number of hydrogen-bond donors (Lipinski definition) is 1. The Morgan fingerprint density at radius 1 is 0.903 bits per heavy atom. The summed E-state index contributed by atoms with van der Waals surface area (Å²) in [7, 11) is 0. The summed E-state index contributed by atoms with van der Waals surface area (Å²) >= 11 is 0. The Morgan fingerprint density at radius 2 is 1.68 bits per heavy atom. The molecular formula is C28H44O3. The van der Waals surface area contributed by atoms with Crippen molar-refractivity contribution in [3.8, 4) is 0 Å². The van der Waals surface area contributed by atoms with E-state index >= 15 is 0 Å². The Bertz CT molecular complexity index is 772. The second-order valence-corrected chi connectivity index (χ2v) is 12.7. The molecule has 0 aromatic rings. The Morgan fingerprint density at radius 3 is 2.35 bits per heavy atom. The van der Waals surface area contributed by atoms with Gasteiger partial charge < -0.3 is 5.11 Å². The van der Waals surface area contributed by atoms with Crippen LogP contribution in [0.3, 0.4) is 0 Å². The molecule has 1 N–H and O–H groups in total. The van der Waals surface area contributed by atoms with Gasteiger partial charge in [0, 0.05) is 23.7 Å². The summed E-state index contributed by atoms with van der Waals surface area (Å²) in [5.41, 5.74) is -0.366. The number of aliphatic hydroxyl groups is 1. The molecule has 6 aliphatic rings. The molecule has 0 aromatic carbocycles. The normalized spacial score (nSPS) is 52.8. The summed E-state index contributed by atoms with van der Waals surface area (Å²) in [4.78, 5) is 12.8. The third kappa shape index (κ3) is 2.88. The molecule has 6 rings (SSSR count). The fourth-order valence-corrected chi connectivity index (χ4v) is 8.71. The van der Waals surface area contributed by atoms with Crippen LogP contribution in [0, 0.1) is 46.3 Å². The maximum Gasteiger partial charge on any atom is 0.130 e. The van der Waals surface area contributed by atoms with Crippen LogP contribution < -0.4 is 0 Å². The predicted molar refractivity (Wildman–Crippen MR) is 124 cm³/mol. The van der Waals surface area contributed by atoms with Crippen LogP contribution in [0.25, 0.3) is 0 Å². The molecule has 3 nitrogen and oxygen atoms in total. The Balaban J connectivity index is 1.45. The summed E-state index contributed by atoms with van der Waals surface area (Å²) in [6.45, 7) is 14.4. The number of rotatable bonds is 4. The van der Waals surface area contributed by atoms with Gasteiger partial charge in [0.2, 0.25) is 0 Å². The molecule has 3 heteroatoms. The van der Waals surface area contributed by atoms with E-state index < -0.39 is 5.60 Å². The molecule has 2 aliphatic heterocycles. The molecule has 1 saturated heterocycles. The average Bonchev–Trinajstić information content (AvgIpc) is 3.09. The monoisotopic (exact) mass is 428 g/mol. The van der Waals surface area contributed by atoms with Gasteiger partial charge in [-0.25, -0.2) is 9.78 Å². The van der Waals surface area contributed by atoms with E-state index in [-0.39, 0.29) is 22.5 Å². The molecule has 0 unspecified atom stereocenters. The summed E-state index contributed by atoms with van der Waals surface area (Å²) in [5, 5.41) is 10.4. The van der Waals surface area contributed by atoms with Gasteiger partial charge in [-0.15, -0.1) is 0 Å². The molecule has 2 spiro atoms. The standard InChI is InChI=1S/C28H44O3/c1-18(2)19(3)7-8-20(4)22-9-10-23-25(22,5)13-12-24-26(6)14-11-21(29)17-27(26)15-16-28(23,24)31-30-27/h7-8,15-16,18-24,29H,9-14,17H2,1-6H3/b8-7+/t19-,20+,21-,22+,23+,24-,25+,26+,27+,28-/m0/s1. The van der Waals surface area contributed by atoms with Crippen LogP contribution in [0.1, 0.15) is 86.5 Å². The minimum absolute atomic E-state index is 0.0663. The van der Waals surface area contributed by atoms with E-state index in [4.69, 9.17) is 9.78 Å². The van der Waals surface area contributed by atoms with Gasteiger partial charge in [0.05, 0.1) is 6.10 Å². The first-order valence-electron chi connectivity index (χ1n) is 13.0. The minimum Gasteiger partial charge on any atom is -0.393 e. The van der Waals surface area contributed by atoms with Crippen molar-refractivity contribution in [3.63, 3.8) is 0 Å². The quantitative estimate of drug-likeness (QED) is 0.412. The lowest BCUT2D eigenvalue weighted by Crippen LogP contribution is -2.73. The van der Waals surface area contributed by atoms with Gasteiger partial charge in [-0.3, -0.25) is 0 Å². The highest BCUT2D eigenvalue weighted by Crippen LogP contribution is 2.72. The molecule has 4 fully saturated rings. The zero-order valence-corrected chi connectivity index (χ0v) is 20.6. The number of hydrogen-bond acceptors (Lipinski definition) is 3. The largest absolute Gasteiger partial charge is 0.393 e. The van der Waals surface area contributed by atoms with E-state index in [2.05, 4.69) is 65.8 Å². The lowest BCUT2D eigenvalue weighted by molar-refractivity contribution is -0.497. The van der Waals surface area contributed by atoms with Crippen molar-refractivity contribution in [3.05, 3.63) is 24.3 Å². The minimum atomic E-state index is -0.439. The highest BCUT2D eigenvalue weighted by molar-refractivity contribution is 5.33. The van der Waals surface area contributed by atoms with E-state index in [1.54, 1.807) is 0 Å². The van der Waals surface area contributed by atoms with Gasteiger partial charge >= 0.3 is 0 Å². The SMILES string of the molecule is CC(C)[C@@H](C)/C=C/[C@@H](C)[C@H]1CC[C@@H]2[C@]1(C)CC[C@@H]1[C@]23C=C[C@]2(C[C@@H](O)CC[C@]12C)OO3. The van der Waals surface area contributed by atoms with Crippen LogP contribution >= 0.6 is 0 Å². The fraction of sp³-hybridized carbons (Fsp3) is 0.857. The molecule has 0 radical (unpaired) electrons. The van der Waals surface area contributed by atoms with Gasteiger partial charge in [-0.1, -0.05) is 59.8 Å². The van der Waals surface area contributed by atoms with Crippen LogP contribution in [-0.4, -0.2) is 22.4 Å². The van der Waals surface area contributed by atoms with Crippen molar-refractivity contribution >= 4 is 0 Å². The van der Waals surface area contributed by atoms with Crippen LogP contribution in [0.15, 0.2) is 24.3 Å². The molecule has 10 atom stereocenters. The van der Waals surface area contributed by atoms with Gasteiger partial charge in [0.1, 0.15) is 11.2 Å². The van der Waals surface area contributed by atoms with Crippen molar-refractivity contribution in [2.24, 2.45) is 46.3 Å². The fourth-order valence-electron chi connectivity index (χ4n) is 8.71. The molecule has 0 amide bonds. The maximum atomic E-state index is 10.4. The third-order valence-corrected chi connectivity index (χ3v) is 11.1. The second-order valence-electron chi connectivity index (χ2n) is 12.7. The highest BCUT2D eigenvalue weighted by atomic mass is 17.2. The summed E-state index contributed by atoms with van der Waals surface area (Å²) in [6, 6.07) is 0. The van der Waals surface area contributed by atoms with E-state index in [0.29, 0.717) is 41.9 Å². The summed E-state index contributed by atoms with van der Waals surface area (Å²) in [5.74, 6) is 3.64. The van der Waals surface area contributed by atoms with Crippen molar-refractivity contribution < 1.29 is 14.9 Å². The second kappa shape index (κ2) is 7.18. The molecule has 31 heavy (non-hydrogen) atoms. The number of allylic oxidation sites excluding steroid dienone is 2. The smallest absolute Gasteiger partial charge is 0.130 e. The molecule has 3 saturated carbocycles. The molecular weight excluding hydrogens is 384 g/mol. The Hall–Kier alpha value is -0.640. The van der Waals surface area contributed by atoms with E-state index in [9.17, 15) is 5.11 Å². The summed E-state index contributed by atoms with van der Waals surface area (Å²) < 4.78 is 0. The van der Waals surface area contributed by atoms with Crippen molar-refractivity contribution in [2.45, 2.75) is 104 Å². The predicted octanol–water partition coefficient (Wildman–Crippen LogP) is 6.47. The zero-order chi connectivity index (χ0) is 22.2. The van der Waals surface area contributed by atoms with Crippen LogP contribution in [0.2, 0.25) is 0 Å². The summed E-state index contributed by atoms with van der Waals surface area (Å²) in [6.07, 6.45) is 17.0. The van der Waals surface area contributed by atoms with Gasteiger partial charge in [-0.2, -0.15) is 0 Å². The van der Waals surface area contributed by atoms with Gasteiger partial charge in [0.15, 0.2) is 0 Å². The lowest BCUT2D eigenvalue weighted by atomic mass is 9.43. The maximum absolute atomic E-state index is 10.4. The Kier molecular flexibility index (Phi) is 5.13. The highest BCUT2D eigenvalue weighted by Gasteiger charge is 2.74. The first kappa shape index (κ1) is 22.2. The van der Waals surface area contributed by atoms with Crippen molar-refractivity contribution in [1.82, 2.24) is 0 Å². The topological polar surface area (TPSA) is 38.7 Å².